The molecule has 4 nitrogen and oxygen atoms in total. The van der Waals surface area contributed by atoms with Crippen LogP contribution in [0.4, 0.5) is 0 Å². The van der Waals surface area contributed by atoms with Crippen LogP contribution in [0.1, 0.15) is 31.8 Å². The summed E-state index contributed by atoms with van der Waals surface area (Å²) in [6, 6.07) is 29.0. The molecule has 0 aromatic heterocycles. The number of hydrogen-bond acceptors (Lipinski definition) is 3. The van der Waals surface area contributed by atoms with Crippen LogP contribution in [0.2, 0.25) is 0 Å². The number of carbonyl (C=O) groups excluding carboxylic acids is 2. The van der Waals surface area contributed by atoms with Crippen molar-refractivity contribution in [3.63, 3.8) is 0 Å². The van der Waals surface area contributed by atoms with Crippen LogP contribution in [0.25, 0.3) is 10.8 Å². The van der Waals surface area contributed by atoms with E-state index in [1.807, 2.05) is 48.5 Å². The Bertz CT molecular complexity index is 1230. The number of fused-ring (bicyclic) bond motifs is 2. The zero-order chi connectivity index (χ0) is 20.5. The molecule has 2 amide bonds. The van der Waals surface area contributed by atoms with E-state index in [-0.39, 0.29) is 18.4 Å². The Morgan fingerprint density at radius 1 is 0.633 bits per heavy atom. The lowest BCUT2D eigenvalue weighted by Gasteiger charge is -2.14. The van der Waals surface area contributed by atoms with Gasteiger partial charge in [-0.2, -0.15) is 0 Å². The number of ether oxygens (including phenoxy) is 1. The van der Waals surface area contributed by atoms with Gasteiger partial charge in [-0.15, -0.1) is 0 Å². The molecular weight excluding hydrogens is 374 g/mol. The van der Waals surface area contributed by atoms with Gasteiger partial charge in [0.15, 0.2) is 0 Å². The Morgan fingerprint density at radius 2 is 1.23 bits per heavy atom. The van der Waals surface area contributed by atoms with Crippen molar-refractivity contribution in [2.24, 2.45) is 0 Å². The highest BCUT2D eigenvalue weighted by molar-refractivity contribution is 6.21. The van der Waals surface area contributed by atoms with E-state index in [0.29, 0.717) is 17.7 Å². The fraction of sp³-hybridized carbons (Fsp3) is 0.0769. The van der Waals surface area contributed by atoms with Crippen LogP contribution in [0.15, 0.2) is 91.0 Å². The van der Waals surface area contributed by atoms with E-state index >= 15 is 0 Å². The van der Waals surface area contributed by atoms with Gasteiger partial charge in [-0.3, -0.25) is 14.5 Å². The monoisotopic (exact) mass is 393 g/mol. The molecule has 0 saturated heterocycles. The van der Waals surface area contributed by atoms with Crippen LogP contribution in [-0.4, -0.2) is 16.7 Å². The third-order valence-electron chi connectivity index (χ3n) is 5.37. The van der Waals surface area contributed by atoms with E-state index in [2.05, 4.69) is 18.2 Å². The van der Waals surface area contributed by atoms with Gasteiger partial charge >= 0.3 is 0 Å². The minimum absolute atomic E-state index is 0.237. The summed E-state index contributed by atoms with van der Waals surface area (Å²) in [6.07, 6.45) is 0. The average molecular weight is 393 g/mol. The van der Waals surface area contributed by atoms with E-state index in [4.69, 9.17) is 4.74 Å². The molecule has 1 aliphatic rings. The first-order valence-electron chi connectivity index (χ1n) is 9.84. The van der Waals surface area contributed by atoms with Gasteiger partial charge < -0.3 is 4.74 Å². The van der Waals surface area contributed by atoms with Crippen molar-refractivity contribution in [3.8, 4) is 5.75 Å². The summed E-state index contributed by atoms with van der Waals surface area (Å²) in [5.74, 6) is 0.349. The zero-order valence-corrected chi connectivity index (χ0v) is 16.2. The van der Waals surface area contributed by atoms with Gasteiger partial charge in [0.2, 0.25) is 0 Å². The van der Waals surface area contributed by atoms with Crippen molar-refractivity contribution in [1.29, 1.82) is 0 Å². The Labute approximate surface area is 174 Å². The van der Waals surface area contributed by atoms with Crippen LogP contribution >= 0.6 is 0 Å². The minimum atomic E-state index is -0.237. The molecule has 1 heterocycles. The molecule has 4 aromatic carbocycles. The average Bonchev–Trinajstić information content (AvgIpc) is 3.03. The van der Waals surface area contributed by atoms with Gasteiger partial charge in [0.25, 0.3) is 11.8 Å². The predicted molar refractivity (Wildman–Crippen MR) is 115 cm³/mol. The molecule has 146 valence electrons. The number of nitrogens with zero attached hydrogens (tertiary/aromatic N) is 1. The Morgan fingerprint density at radius 3 is 1.93 bits per heavy atom. The van der Waals surface area contributed by atoms with E-state index in [0.717, 1.165) is 22.3 Å². The number of imide groups is 1. The number of amides is 2. The summed E-state index contributed by atoms with van der Waals surface area (Å²) in [5, 5.41) is 2.33. The van der Waals surface area contributed by atoms with Crippen molar-refractivity contribution in [1.82, 2.24) is 4.90 Å². The molecule has 0 unspecified atom stereocenters. The SMILES string of the molecule is O=C1c2ccccc2C(=O)N1Cc1ccc(COc2ccc3ccccc3c2)cc1. The normalized spacial score (nSPS) is 13.0. The molecule has 4 heteroatoms. The van der Waals surface area contributed by atoms with Crippen LogP contribution in [0, 0.1) is 0 Å². The summed E-state index contributed by atoms with van der Waals surface area (Å²) >= 11 is 0. The molecule has 0 saturated carbocycles. The fourth-order valence-electron chi connectivity index (χ4n) is 3.73. The molecule has 5 rings (SSSR count). The molecule has 1 aliphatic heterocycles. The highest BCUT2D eigenvalue weighted by Gasteiger charge is 2.34. The number of rotatable bonds is 5. The molecular formula is C26H19NO3. The first-order valence-corrected chi connectivity index (χ1v) is 9.84. The van der Waals surface area contributed by atoms with Crippen molar-refractivity contribution >= 4 is 22.6 Å². The van der Waals surface area contributed by atoms with Crippen LogP contribution in [0.5, 0.6) is 5.75 Å². The quantitative estimate of drug-likeness (QED) is 0.437. The van der Waals surface area contributed by atoms with Gasteiger partial charge in [0, 0.05) is 0 Å². The van der Waals surface area contributed by atoms with Crippen LogP contribution in [-0.2, 0) is 13.2 Å². The first kappa shape index (κ1) is 18.1. The van der Waals surface area contributed by atoms with Crippen molar-refractivity contribution in [2.75, 3.05) is 0 Å². The van der Waals surface area contributed by atoms with Crippen molar-refractivity contribution in [3.05, 3.63) is 113 Å². The molecule has 0 radical (unpaired) electrons. The van der Waals surface area contributed by atoms with Gasteiger partial charge in [-0.1, -0.05) is 66.7 Å². The number of carbonyl (C=O) groups is 2. The molecule has 0 spiro atoms. The molecule has 0 fully saturated rings. The fourth-order valence-corrected chi connectivity index (χ4v) is 3.73. The lowest BCUT2D eigenvalue weighted by atomic mass is 10.1. The molecule has 0 aliphatic carbocycles. The largest absolute Gasteiger partial charge is 0.489 e. The zero-order valence-electron chi connectivity index (χ0n) is 16.2. The first-order chi connectivity index (χ1) is 14.7. The predicted octanol–water partition coefficient (Wildman–Crippen LogP) is 5.22. The van der Waals surface area contributed by atoms with Crippen molar-refractivity contribution < 1.29 is 14.3 Å². The van der Waals surface area contributed by atoms with Gasteiger partial charge in [0.1, 0.15) is 12.4 Å². The van der Waals surface area contributed by atoms with E-state index in [1.54, 1.807) is 24.3 Å². The standard InChI is InChI=1S/C26H19NO3/c28-25-23-7-3-4-8-24(23)26(29)27(25)16-18-9-11-19(12-10-18)17-30-22-14-13-20-5-1-2-6-21(20)15-22/h1-15H,16-17H2. The molecule has 0 N–H and O–H groups in total. The second kappa shape index (κ2) is 7.48. The highest BCUT2D eigenvalue weighted by atomic mass is 16.5. The van der Waals surface area contributed by atoms with E-state index < -0.39 is 0 Å². The molecule has 4 aromatic rings. The Hall–Kier alpha value is -3.92. The number of benzene rings is 4. The smallest absolute Gasteiger partial charge is 0.261 e. The maximum atomic E-state index is 12.5. The Balaban J connectivity index is 1.25. The van der Waals surface area contributed by atoms with E-state index in [9.17, 15) is 9.59 Å². The third-order valence-corrected chi connectivity index (χ3v) is 5.37. The summed E-state index contributed by atoms with van der Waals surface area (Å²) in [5.41, 5.74) is 2.87. The highest BCUT2D eigenvalue weighted by Crippen LogP contribution is 2.25. The number of hydrogen-bond donors (Lipinski definition) is 0. The molecule has 0 atom stereocenters. The second-order valence-corrected chi connectivity index (χ2v) is 7.36. The van der Waals surface area contributed by atoms with Crippen molar-refractivity contribution in [2.45, 2.75) is 13.2 Å². The van der Waals surface area contributed by atoms with Crippen LogP contribution in [0.3, 0.4) is 0 Å². The lowest BCUT2D eigenvalue weighted by molar-refractivity contribution is 0.0642. The summed E-state index contributed by atoms with van der Waals surface area (Å²) in [7, 11) is 0. The molecule has 30 heavy (non-hydrogen) atoms. The molecule has 0 bridgehead atoms. The van der Waals surface area contributed by atoms with Gasteiger partial charge in [0.05, 0.1) is 17.7 Å². The minimum Gasteiger partial charge on any atom is -0.489 e. The maximum absolute atomic E-state index is 12.5. The maximum Gasteiger partial charge on any atom is 0.261 e. The van der Waals surface area contributed by atoms with Gasteiger partial charge in [-0.25, -0.2) is 0 Å². The van der Waals surface area contributed by atoms with E-state index in [1.165, 1.54) is 10.3 Å². The van der Waals surface area contributed by atoms with Crippen LogP contribution < -0.4 is 4.74 Å². The second-order valence-electron chi connectivity index (χ2n) is 7.36. The Kier molecular flexibility index (Phi) is 4.52. The summed E-state index contributed by atoms with van der Waals surface area (Å²) in [4.78, 5) is 26.3. The van der Waals surface area contributed by atoms with Gasteiger partial charge in [-0.05, 0) is 46.2 Å². The summed E-state index contributed by atoms with van der Waals surface area (Å²) < 4.78 is 5.93. The lowest BCUT2D eigenvalue weighted by Crippen LogP contribution is -2.29. The third kappa shape index (κ3) is 3.33. The summed E-state index contributed by atoms with van der Waals surface area (Å²) in [6.45, 7) is 0.712. The topological polar surface area (TPSA) is 46.6 Å².